The lowest BCUT2D eigenvalue weighted by atomic mass is 10.1. The first-order valence-electron chi connectivity index (χ1n) is 6.17. The molecule has 0 aliphatic carbocycles. The number of hydrogen-bond donors (Lipinski definition) is 3. The molecule has 3 N–H and O–H groups in total. The number of nitrogens with one attached hydrogen (secondary N) is 1. The maximum absolute atomic E-state index is 11.4. The van der Waals surface area contributed by atoms with Crippen LogP contribution in [0.25, 0.3) is 0 Å². The molecule has 0 aromatic heterocycles. The van der Waals surface area contributed by atoms with E-state index in [0.717, 1.165) is 0 Å². The van der Waals surface area contributed by atoms with Crippen molar-refractivity contribution in [1.29, 1.82) is 0 Å². The number of alkyl carbamates (subject to hydrolysis) is 1. The summed E-state index contributed by atoms with van der Waals surface area (Å²) in [5, 5.41) is 21.1. The van der Waals surface area contributed by atoms with Crippen LogP contribution in [0.3, 0.4) is 0 Å². The Kier molecular flexibility index (Phi) is 5.10. The van der Waals surface area contributed by atoms with Gasteiger partial charge in [0.1, 0.15) is 5.60 Å². The third kappa shape index (κ3) is 5.27. The van der Waals surface area contributed by atoms with Gasteiger partial charge in [-0.1, -0.05) is 12.1 Å². The summed E-state index contributed by atoms with van der Waals surface area (Å²) < 4.78 is 5.04. The fourth-order valence-corrected chi connectivity index (χ4v) is 1.46. The van der Waals surface area contributed by atoms with E-state index in [-0.39, 0.29) is 12.1 Å². The van der Waals surface area contributed by atoms with Crippen molar-refractivity contribution in [2.75, 3.05) is 6.54 Å². The fraction of sp³-hybridized carbons (Fsp3) is 0.429. The topological polar surface area (TPSA) is 95.9 Å². The minimum atomic E-state index is -1.03. The fourth-order valence-electron chi connectivity index (χ4n) is 1.46. The van der Waals surface area contributed by atoms with Gasteiger partial charge in [-0.3, -0.25) is 0 Å². The number of carboxylic acids is 1. The summed E-state index contributed by atoms with van der Waals surface area (Å²) in [5.74, 6) is -1.03. The summed E-state index contributed by atoms with van der Waals surface area (Å²) in [5.41, 5.74) is 0.0603. The summed E-state index contributed by atoms with van der Waals surface area (Å²) in [6.45, 7) is 5.22. The molecule has 1 rings (SSSR count). The maximum Gasteiger partial charge on any atom is 0.407 e. The number of amides is 1. The normalized spacial score (nSPS) is 12.6. The highest BCUT2D eigenvalue weighted by Gasteiger charge is 2.17. The number of carboxylic acid groups (broad SMARTS) is 1. The minimum Gasteiger partial charge on any atom is -0.478 e. The summed E-state index contributed by atoms with van der Waals surface area (Å²) >= 11 is 0. The maximum atomic E-state index is 11.4. The van der Waals surface area contributed by atoms with Crippen LogP contribution in [0.1, 0.15) is 42.8 Å². The van der Waals surface area contributed by atoms with Crippen LogP contribution in [0.4, 0.5) is 4.79 Å². The molecule has 20 heavy (non-hydrogen) atoms. The average molecular weight is 281 g/mol. The van der Waals surface area contributed by atoms with Crippen LogP contribution in [0.5, 0.6) is 0 Å². The van der Waals surface area contributed by atoms with E-state index in [4.69, 9.17) is 9.84 Å². The SMILES string of the molecule is CC(C)(C)OC(=O)NC[C@H](O)c1ccc(C(=O)O)cc1. The van der Waals surface area contributed by atoms with Gasteiger partial charge in [-0.15, -0.1) is 0 Å². The second-order valence-electron chi connectivity index (χ2n) is 5.33. The molecule has 0 aliphatic rings. The molecule has 1 aromatic rings. The molecule has 0 radical (unpaired) electrons. The van der Waals surface area contributed by atoms with Crippen LogP contribution in [-0.2, 0) is 4.74 Å². The van der Waals surface area contributed by atoms with Gasteiger partial charge < -0.3 is 20.3 Å². The molecule has 110 valence electrons. The third-order valence-electron chi connectivity index (χ3n) is 2.38. The summed E-state index contributed by atoms with van der Waals surface area (Å²) in [4.78, 5) is 22.1. The standard InChI is InChI=1S/C14H19NO5/c1-14(2,3)20-13(19)15-8-11(16)9-4-6-10(7-5-9)12(17)18/h4-7,11,16H,8H2,1-3H3,(H,15,19)(H,17,18)/t11-/m0/s1. The summed E-state index contributed by atoms with van der Waals surface area (Å²) in [7, 11) is 0. The summed E-state index contributed by atoms with van der Waals surface area (Å²) in [6, 6.07) is 5.80. The zero-order valence-electron chi connectivity index (χ0n) is 11.7. The minimum absolute atomic E-state index is 0.0126. The molecule has 0 bridgehead atoms. The molecule has 6 nitrogen and oxygen atoms in total. The number of carbonyl (C=O) groups is 2. The molecule has 0 spiro atoms. The molecule has 0 fully saturated rings. The van der Waals surface area contributed by atoms with Crippen LogP contribution in [-0.4, -0.2) is 34.4 Å². The first-order chi connectivity index (χ1) is 9.19. The van der Waals surface area contributed by atoms with Crippen LogP contribution in [0.15, 0.2) is 24.3 Å². The Morgan fingerprint density at radius 1 is 1.25 bits per heavy atom. The van der Waals surface area contributed by atoms with Gasteiger partial charge in [-0.2, -0.15) is 0 Å². The average Bonchev–Trinajstić information content (AvgIpc) is 2.34. The van der Waals surface area contributed by atoms with Crippen molar-refractivity contribution in [2.45, 2.75) is 32.5 Å². The molecule has 1 aromatic carbocycles. The van der Waals surface area contributed by atoms with Crippen molar-refractivity contribution in [3.63, 3.8) is 0 Å². The van der Waals surface area contributed by atoms with Crippen molar-refractivity contribution in [3.8, 4) is 0 Å². The predicted octanol–water partition coefficient (Wildman–Crippen LogP) is 1.94. The van der Waals surface area contributed by atoms with E-state index in [1.807, 2.05) is 0 Å². The van der Waals surface area contributed by atoms with Crippen molar-refractivity contribution >= 4 is 12.1 Å². The van der Waals surface area contributed by atoms with Crippen molar-refractivity contribution in [2.24, 2.45) is 0 Å². The first-order valence-corrected chi connectivity index (χ1v) is 6.17. The lowest BCUT2D eigenvalue weighted by Crippen LogP contribution is -2.34. The zero-order valence-corrected chi connectivity index (χ0v) is 11.7. The number of aromatic carboxylic acids is 1. The Labute approximate surface area is 117 Å². The number of benzene rings is 1. The van der Waals surface area contributed by atoms with E-state index in [2.05, 4.69) is 5.32 Å². The van der Waals surface area contributed by atoms with Crippen LogP contribution >= 0.6 is 0 Å². The number of rotatable bonds is 4. The zero-order chi connectivity index (χ0) is 15.3. The highest BCUT2D eigenvalue weighted by Crippen LogP contribution is 2.13. The molecular formula is C14H19NO5. The highest BCUT2D eigenvalue weighted by atomic mass is 16.6. The molecule has 6 heteroatoms. The van der Waals surface area contributed by atoms with Gasteiger partial charge >= 0.3 is 12.1 Å². The van der Waals surface area contributed by atoms with Gasteiger partial charge in [0.15, 0.2) is 0 Å². The van der Waals surface area contributed by atoms with E-state index in [1.165, 1.54) is 24.3 Å². The van der Waals surface area contributed by atoms with Crippen LogP contribution in [0.2, 0.25) is 0 Å². The smallest absolute Gasteiger partial charge is 0.407 e. The van der Waals surface area contributed by atoms with Gasteiger partial charge in [0.2, 0.25) is 0 Å². The van der Waals surface area contributed by atoms with Crippen LogP contribution in [0, 0.1) is 0 Å². The van der Waals surface area contributed by atoms with Gasteiger partial charge in [0, 0.05) is 0 Å². The lowest BCUT2D eigenvalue weighted by Gasteiger charge is -2.20. The number of hydrogen-bond acceptors (Lipinski definition) is 4. The van der Waals surface area contributed by atoms with Gasteiger partial charge in [0.05, 0.1) is 18.2 Å². The van der Waals surface area contributed by atoms with Gasteiger partial charge in [-0.25, -0.2) is 9.59 Å². The lowest BCUT2D eigenvalue weighted by molar-refractivity contribution is 0.0491. The number of aliphatic hydroxyl groups is 1. The van der Waals surface area contributed by atoms with Crippen molar-refractivity contribution < 1.29 is 24.5 Å². The third-order valence-corrected chi connectivity index (χ3v) is 2.38. The van der Waals surface area contributed by atoms with Gasteiger partial charge in [0.25, 0.3) is 0 Å². The second kappa shape index (κ2) is 6.38. The quantitative estimate of drug-likeness (QED) is 0.783. The van der Waals surface area contributed by atoms with E-state index in [0.29, 0.717) is 5.56 Å². The predicted molar refractivity (Wildman–Crippen MR) is 72.6 cm³/mol. The Morgan fingerprint density at radius 2 is 1.80 bits per heavy atom. The largest absolute Gasteiger partial charge is 0.478 e. The molecule has 0 heterocycles. The number of aliphatic hydroxyl groups excluding tert-OH is 1. The van der Waals surface area contributed by atoms with Gasteiger partial charge in [-0.05, 0) is 38.5 Å². The van der Waals surface area contributed by atoms with Crippen molar-refractivity contribution in [1.82, 2.24) is 5.32 Å². The molecule has 1 atom stereocenters. The molecular weight excluding hydrogens is 262 g/mol. The van der Waals surface area contributed by atoms with Crippen LogP contribution < -0.4 is 5.32 Å². The highest BCUT2D eigenvalue weighted by molar-refractivity contribution is 5.87. The van der Waals surface area contributed by atoms with E-state index in [1.54, 1.807) is 20.8 Å². The Bertz CT molecular complexity index is 475. The molecule has 1 amide bonds. The van der Waals surface area contributed by atoms with E-state index in [9.17, 15) is 14.7 Å². The molecule has 0 aliphatic heterocycles. The summed E-state index contributed by atoms with van der Waals surface area (Å²) in [6.07, 6.45) is -1.54. The number of ether oxygens (including phenoxy) is 1. The monoisotopic (exact) mass is 281 g/mol. The van der Waals surface area contributed by atoms with E-state index < -0.39 is 23.8 Å². The molecule has 0 unspecified atom stereocenters. The van der Waals surface area contributed by atoms with Crippen molar-refractivity contribution in [3.05, 3.63) is 35.4 Å². The second-order valence-corrected chi connectivity index (χ2v) is 5.33. The Morgan fingerprint density at radius 3 is 2.25 bits per heavy atom. The van der Waals surface area contributed by atoms with E-state index >= 15 is 0 Å². The Balaban J connectivity index is 2.52. The first kappa shape index (κ1) is 16.0. The Hall–Kier alpha value is -2.08. The number of carbonyl (C=O) groups excluding carboxylic acids is 1. The molecule has 0 saturated heterocycles. The molecule has 0 saturated carbocycles.